The van der Waals surface area contributed by atoms with Gasteiger partial charge in [0.2, 0.25) is 11.8 Å². The Kier molecular flexibility index (Phi) is 11.0. The van der Waals surface area contributed by atoms with Crippen LogP contribution in [0.2, 0.25) is 5.02 Å². The van der Waals surface area contributed by atoms with Crippen LogP contribution >= 0.6 is 11.6 Å². The van der Waals surface area contributed by atoms with Crippen LogP contribution in [0.3, 0.4) is 0 Å². The van der Waals surface area contributed by atoms with Crippen molar-refractivity contribution in [1.29, 1.82) is 0 Å². The Morgan fingerprint density at radius 3 is 2.73 bits per heavy atom. The van der Waals surface area contributed by atoms with E-state index in [9.17, 15) is 9.59 Å². The van der Waals surface area contributed by atoms with E-state index in [-0.39, 0.29) is 11.8 Å². The van der Waals surface area contributed by atoms with Crippen LogP contribution in [-0.4, -0.2) is 31.2 Å². The first kappa shape index (κ1) is 30.1. The standard InChI is InChI=1S/C28H36ClN9O2/c1-34-21-9-10-22-23(31)14-19(16-30)24(5-3-2-4-6-27(39)37-25(22)15-21)36-28(40)12-7-18-13-20(29)8-11-26(18)38(33)17-35-32/h7-17,24,34H,2-6,30-33H2,1H3,(H,36,40)(H,37,39)/b12-7+,19-16+,23-14?,35-17-. The van der Waals surface area contributed by atoms with E-state index in [0.717, 1.165) is 18.5 Å². The second kappa shape index (κ2) is 14.6. The number of fused-ring (bicyclic) bond motifs is 1. The lowest BCUT2D eigenvalue weighted by atomic mass is 9.98. The highest BCUT2D eigenvalue weighted by Crippen LogP contribution is 2.28. The maximum absolute atomic E-state index is 13.1. The van der Waals surface area contributed by atoms with Gasteiger partial charge in [-0.3, -0.25) is 14.6 Å². The number of hydrogen-bond donors (Lipinski definition) is 7. The quantitative estimate of drug-likeness (QED) is 0.0912. The predicted molar refractivity (Wildman–Crippen MR) is 164 cm³/mol. The summed E-state index contributed by atoms with van der Waals surface area (Å²) < 4.78 is 0. The second-order valence-electron chi connectivity index (χ2n) is 9.19. The zero-order valence-electron chi connectivity index (χ0n) is 22.4. The van der Waals surface area contributed by atoms with Gasteiger partial charge in [0.05, 0.1) is 17.4 Å². The number of hydrazone groups is 1. The van der Waals surface area contributed by atoms with Crippen LogP contribution in [-0.2, 0) is 9.59 Å². The summed E-state index contributed by atoms with van der Waals surface area (Å²) in [6.07, 6.45) is 10.7. The summed E-state index contributed by atoms with van der Waals surface area (Å²) in [5, 5.41) is 14.2. The number of hydrogen-bond acceptors (Lipinski definition) is 8. The number of benzene rings is 2. The van der Waals surface area contributed by atoms with Gasteiger partial charge in [0.25, 0.3) is 0 Å². The van der Waals surface area contributed by atoms with Crippen molar-refractivity contribution in [1.82, 2.24) is 5.32 Å². The van der Waals surface area contributed by atoms with Gasteiger partial charge in [-0.15, -0.1) is 0 Å². The van der Waals surface area contributed by atoms with Gasteiger partial charge < -0.3 is 33.3 Å². The largest absolute Gasteiger partial charge is 0.404 e. The number of nitrogens with two attached hydrogens (primary N) is 4. The number of rotatable bonds is 6. The molecule has 0 spiro atoms. The van der Waals surface area contributed by atoms with Crippen molar-refractivity contribution in [2.75, 3.05) is 22.7 Å². The SMILES string of the molecule is CNc1ccc2c(c1)NC(=O)CCCCCC(NC(=O)/C=C/c1cc(Cl)ccc1N(N)/C=N\N)/C(=C/N)C=C2N. The van der Waals surface area contributed by atoms with E-state index in [1.807, 2.05) is 18.2 Å². The molecule has 2 aromatic rings. The minimum Gasteiger partial charge on any atom is -0.404 e. The van der Waals surface area contributed by atoms with Crippen molar-refractivity contribution in [3.63, 3.8) is 0 Å². The summed E-state index contributed by atoms with van der Waals surface area (Å²) in [6.45, 7) is 0. The molecule has 1 heterocycles. The Morgan fingerprint density at radius 1 is 1.20 bits per heavy atom. The fourth-order valence-electron chi connectivity index (χ4n) is 4.34. The molecule has 40 heavy (non-hydrogen) atoms. The molecule has 3 rings (SSSR count). The molecule has 11 N–H and O–H groups in total. The third-order valence-electron chi connectivity index (χ3n) is 6.40. The van der Waals surface area contributed by atoms with Crippen LogP contribution in [0.1, 0.15) is 43.2 Å². The summed E-state index contributed by atoms with van der Waals surface area (Å²) in [6, 6.07) is 10.1. The van der Waals surface area contributed by atoms with Crippen molar-refractivity contribution in [3.05, 3.63) is 76.5 Å². The number of nitrogens with one attached hydrogen (secondary N) is 3. The minimum absolute atomic E-state index is 0.0831. The van der Waals surface area contributed by atoms with E-state index < -0.39 is 6.04 Å². The molecule has 0 bridgehead atoms. The highest BCUT2D eigenvalue weighted by Gasteiger charge is 2.18. The Balaban J connectivity index is 1.89. The summed E-state index contributed by atoms with van der Waals surface area (Å²) >= 11 is 6.16. The van der Waals surface area contributed by atoms with E-state index in [2.05, 4.69) is 21.1 Å². The number of nitrogens with zero attached hydrogens (tertiary/aromatic N) is 2. The number of carbonyl (C=O) groups excluding carboxylic acids is 2. The molecule has 0 saturated carbocycles. The third kappa shape index (κ3) is 8.26. The first-order chi connectivity index (χ1) is 19.2. The van der Waals surface area contributed by atoms with Crippen LogP contribution in [0.4, 0.5) is 17.1 Å². The number of carbonyl (C=O) groups is 2. The van der Waals surface area contributed by atoms with Crippen LogP contribution in [0.5, 0.6) is 0 Å². The highest BCUT2D eigenvalue weighted by atomic mass is 35.5. The van der Waals surface area contributed by atoms with E-state index >= 15 is 0 Å². The lowest BCUT2D eigenvalue weighted by Crippen LogP contribution is -2.35. The molecule has 0 radical (unpaired) electrons. The Morgan fingerprint density at radius 2 is 2.00 bits per heavy atom. The van der Waals surface area contributed by atoms with Gasteiger partial charge in [0.1, 0.15) is 6.34 Å². The molecule has 1 atom stereocenters. The fraction of sp³-hybridized carbons (Fsp3) is 0.250. The molecule has 0 aliphatic carbocycles. The van der Waals surface area contributed by atoms with Gasteiger partial charge >= 0.3 is 0 Å². The predicted octanol–water partition coefficient (Wildman–Crippen LogP) is 3.21. The molecule has 0 fully saturated rings. The van der Waals surface area contributed by atoms with Crippen molar-refractivity contribution < 1.29 is 9.59 Å². The maximum atomic E-state index is 13.1. The van der Waals surface area contributed by atoms with E-state index in [4.69, 9.17) is 34.8 Å². The Bertz CT molecular complexity index is 1340. The lowest BCUT2D eigenvalue weighted by Gasteiger charge is -2.20. The molecule has 0 aromatic heterocycles. The van der Waals surface area contributed by atoms with Crippen LogP contribution in [0.15, 0.2) is 65.4 Å². The van der Waals surface area contributed by atoms with Gasteiger partial charge in [-0.05, 0) is 73.2 Å². The van der Waals surface area contributed by atoms with Crippen molar-refractivity contribution in [3.8, 4) is 0 Å². The average molecular weight is 566 g/mol. The number of anilines is 3. The topological polar surface area (TPSA) is 190 Å². The summed E-state index contributed by atoms with van der Waals surface area (Å²) in [5.41, 5.74) is 16.8. The first-order valence-electron chi connectivity index (χ1n) is 12.8. The zero-order chi connectivity index (χ0) is 29.1. The third-order valence-corrected chi connectivity index (χ3v) is 6.63. The summed E-state index contributed by atoms with van der Waals surface area (Å²) in [7, 11) is 1.80. The maximum Gasteiger partial charge on any atom is 0.244 e. The lowest BCUT2D eigenvalue weighted by molar-refractivity contribution is -0.117. The first-order valence-corrected chi connectivity index (χ1v) is 13.2. The normalized spacial score (nSPS) is 17.8. The van der Waals surface area contributed by atoms with Gasteiger partial charge in [-0.25, -0.2) is 5.84 Å². The van der Waals surface area contributed by atoms with Crippen LogP contribution in [0, 0.1) is 0 Å². The molecule has 212 valence electrons. The summed E-state index contributed by atoms with van der Waals surface area (Å²) in [5.74, 6) is 10.8. The monoisotopic (exact) mass is 565 g/mol. The molecule has 2 aromatic carbocycles. The minimum atomic E-state index is -0.417. The van der Waals surface area contributed by atoms with Crippen LogP contribution in [0.25, 0.3) is 11.8 Å². The summed E-state index contributed by atoms with van der Waals surface area (Å²) in [4.78, 5) is 25.6. The molecular weight excluding hydrogens is 530 g/mol. The van der Waals surface area contributed by atoms with Crippen molar-refractivity contribution in [2.24, 2.45) is 28.3 Å². The molecule has 11 nitrogen and oxygen atoms in total. The molecule has 1 unspecified atom stereocenters. The van der Waals surface area contributed by atoms with Crippen molar-refractivity contribution >= 4 is 58.6 Å². The molecule has 1 aliphatic heterocycles. The molecular formula is C28H36ClN9O2. The van der Waals surface area contributed by atoms with Gasteiger partial charge in [0.15, 0.2) is 0 Å². The molecule has 12 heteroatoms. The molecule has 2 amide bonds. The van der Waals surface area contributed by atoms with E-state index in [0.29, 0.717) is 58.1 Å². The fourth-order valence-corrected chi connectivity index (χ4v) is 4.52. The second-order valence-corrected chi connectivity index (χ2v) is 9.63. The number of amides is 2. The average Bonchev–Trinajstić information content (AvgIpc) is 2.94. The Hall–Kier alpha value is -4.48. The van der Waals surface area contributed by atoms with E-state index in [1.165, 1.54) is 23.6 Å². The Labute approximate surface area is 238 Å². The van der Waals surface area contributed by atoms with Gasteiger partial charge in [-0.2, -0.15) is 5.10 Å². The zero-order valence-corrected chi connectivity index (χ0v) is 23.1. The smallest absolute Gasteiger partial charge is 0.244 e. The number of hydrazine groups is 1. The van der Waals surface area contributed by atoms with Gasteiger partial charge in [0, 0.05) is 47.1 Å². The van der Waals surface area contributed by atoms with Gasteiger partial charge in [-0.1, -0.05) is 24.4 Å². The molecule has 0 saturated heterocycles. The van der Waals surface area contributed by atoms with E-state index in [1.54, 1.807) is 37.4 Å². The highest BCUT2D eigenvalue weighted by molar-refractivity contribution is 6.30. The molecule has 1 aliphatic rings. The van der Waals surface area contributed by atoms with Crippen molar-refractivity contribution in [2.45, 2.75) is 38.1 Å². The number of halogens is 1. The van der Waals surface area contributed by atoms with Crippen LogP contribution < -0.4 is 44.1 Å².